The lowest BCUT2D eigenvalue weighted by Gasteiger charge is -2.22. The SMILES string of the molecule is CN(CCO)C1=NCc2ccc(-c3nc4ccc5[nH]ncc5c4c4c3CCCC4)cc21. The zero-order valence-corrected chi connectivity index (χ0v) is 17.6. The first kappa shape index (κ1) is 18.5. The third-order valence-electron chi connectivity index (χ3n) is 6.71. The Morgan fingerprint density at radius 3 is 2.84 bits per heavy atom. The predicted molar refractivity (Wildman–Crippen MR) is 123 cm³/mol. The summed E-state index contributed by atoms with van der Waals surface area (Å²) in [6.45, 7) is 1.39. The van der Waals surface area contributed by atoms with Crippen molar-refractivity contribution in [2.24, 2.45) is 4.99 Å². The highest BCUT2D eigenvalue weighted by atomic mass is 16.3. The molecule has 2 aliphatic rings. The van der Waals surface area contributed by atoms with Crippen molar-refractivity contribution in [2.75, 3.05) is 20.2 Å². The van der Waals surface area contributed by atoms with Gasteiger partial charge in [-0.1, -0.05) is 12.1 Å². The minimum Gasteiger partial charge on any atom is -0.395 e. The molecule has 0 spiro atoms. The van der Waals surface area contributed by atoms with E-state index < -0.39 is 0 Å². The zero-order valence-electron chi connectivity index (χ0n) is 17.6. The second kappa shape index (κ2) is 7.17. The summed E-state index contributed by atoms with van der Waals surface area (Å²) in [5, 5.41) is 19.2. The molecule has 4 aromatic rings. The number of aromatic nitrogens is 3. The number of likely N-dealkylation sites (N-methyl/N-ethyl adjacent to an activating group) is 1. The number of nitrogens with one attached hydrogen (secondary N) is 1. The van der Waals surface area contributed by atoms with Crippen molar-refractivity contribution in [1.29, 1.82) is 0 Å². The topological polar surface area (TPSA) is 77.4 Å². The number of aliphatic hydroxyl groups excluding tert-OH is 1. The van der Waals surface area contributed by atoms with Crippen molar-refractivity contribution < 1.29 is 5.11 Å². The number of hydrogen-bond donors (Lipinski definition) is 2. The van der Waals surface area contributed by atoms with Crippen molar-refractivity contribution in [1.82, 2.24) is 20.1 Å². The number of aliphatic hydroxyl groups is 1. The number of aryl methyl sites for hydroxylation is 1. The number of rotatable bonds is 3. The fourth-order valence-corrected chi connectivity index (χ4v) is 5.18. The van der Waals surface area contributed by atoms with Gasteiger partial charge in [-0.15, -0.1) is 0 Å². The van der Waals surface area contributed by atoms with Crippen LogP contribution in [0.5, 0.6) is 0 Å². The van der Waals surface area contributed by atoms with Gasteiger partial charge in [0, 0.05) is 35.5 Å². The average Bonchev–Trinajstić information content (AvgIpc) is 3.45. The van der Waals surface area contributed by atoms with Crippen molar-refractivity contribution in [3.05, 3.63) is 58.8 Å². The molecular weight excluding hydrogens is 386 g/mol. The second-order valence-corrected chi connectivity index (χ2v) is 8.57. The van der Waals surface area contributed by atoms with Crippen molar-refractivity contribution in [3.8, 4) is 11.3 Å². The Bertz CT molecular complexity index is 1350. The molecule has 2 N–H and O–H groups in total. The van der Waals surface area contributed by atoms with Crippen LogP contribution in [-0.2, 0) is 19.4 Å². The highest BCUT2D eigenvalue weighted by Crippen LogP contribution is 2.38. The van der Waals surface area contributed by atoms with Gasteiger partial charge < -0.3 is 10.0 Å². The first-order valence-electron chi connectivity index (χ1n) is 11.0. The Kier molecular flexibility index (Phi) is 4.28. The lowest BCUT2D eigenvalue weighted by molar-refractivity contribution is 0.264. The highest BCUT2D eigenvalue weighted by Gasteiger charge is 2.24. The molecule has 1 aliphatic carbocycles. The van der Waals surface area contributed by atoms with Gasteiger partial charge in [-0.25, -0.2) is 4.98 Å². The van der Waals surface area contributed by atoms with E-state index in [-0.39, 0.29) is 6.61 Å². The molecule has 156 valence electrons. The maximum atomic E-state index is 9.36. The largest absolute Gasteiger partial charge is 0.395 e. The van der Waals surface area contributed by atoms with Gasteiger partial charge in [0.05, 0.1) is 36.1 Å². The van der Waals surface area contributed by atoms with Crippen LogP contribution in [-0.4, -0.2) is 51.2 Å². The Labute approximate surface area is 180 Å². The molecule has 0 amide bonds. The van der Waals surface area contributed by atoms with Crippen LogP contribution < -0.4 is 0 Å². The number of pyridine rings is 1. The summed E-state index contributed by atoms with van der Waals surface area (Å²) in [5.74, 6) is 0.959. The van der Waals surface area contributed by atoms with Crippen LogP contribution in [0.4, 0.5) is 0 Å². The first-order valence-corrected chi connectivity index (χ1v) is 11.0. The minimum absolute atomic E-state index is 0.118. The molecule has 0 bridgehead atoms. The summed E-state index contributed by atoms with van der Waals surface area (Å²) in [6, 6.07) is 10.8. The molecule has 6 heteroatoms. The smallest absolute Gasteiger partial charge is 0.131 e. The van der Waals surface area contributed by atoms with Crippen LogP contribution in [0, 0.1) is 0 Å². The van der Waals surface area contributed by atoms with Crippen LogP contribution >= 0.6 is 0 Å². The van der Waals surface area contributed by atoms with E-state index in [1.165, 1.54) is 40.3 Å². The molecule has 31 heavy (non-hydrogen) atoms. The fourth-order valence-electron chi connectivity index (χ4n) is 5.18. The minimum atomic E-state index is 0.118. The summed E-state index contributed by atoms with van der Waals surface area (Å²) in [6.07, 6.45) is 6.49. The van der Waals surface area contributed by atoms with E-state index in [1.54, 1.807) is 0 Å². The zero-order chi connectivity index (χ0) is 20.9. The maximum Gasteiger partial charge on any atom is 0.131 e. The van der Waals surface area contributed by atoms with Gasteiger partial charge in [0.25, 0.3) is 0 Å². The van der Waals surface area contributed by atoms with Gasteiger partial charge >= 0.3 is 0 Å². The monoisotopic (exact) mass is 411 g/mol. The van der Waals surface area contributed by atoms with Crippen LogP contribution in [0.2, 0.25) is 0 Å². The van der Waals surface area contributed by atoms with Crippen molar-refractivity contribution in [3.63, 3.8) is 0 Å². The van der Waals surface area contributed by atoms with E-state index in [0.29, 0.717) is 13.1 Å². The van der Waals surface area contributed by atoms with Gasteiger partial charge in [0.1, 0.15) is 5.84 Å². The first-order chi connectivity index (χ1) is 15.2. The molecule has 2 aromatic heterocycles. The van der Waals surface area contributed by atoms with Gasteiger partial charge in [-0.3, -0.25) is 10.1 Å². The molecule has 0 saturated carbocycles. The molecule has 0 fully saturated rings. The van der Waals surface area contributed by atoms with Gasteiger partial charge in [0.15, 0.2) is 0 Å². The van der Waals surface area contributed by atoms with Crippen molar-refractivity contribution >= 4 is 27.6 Å². The van der Waals surface area contributed by atoms with Gasteiger partial charge in [0.2, 0.25) is 0 Å². The van der Waals surface area contributed by atoms with Gasteiger partial charge in [-0.05, 0) is 60.6 Å². The van der Waals surface area contributed by atoms with Gasteiger partial charge in [-0.2, -0.15) is 5.10 Å². The molecule has 0 saturated heterocycles. The Morgan fingerprint density at radius 1 is 1.10 bits per heavy atom. The van der Waals surface area contributed by atoms with Crippen LogP contribution in [0.3, 0.4) is 0 Å². The number of aliphatic imine (C=N–C) groups is 1. The number of amidine groups is 1. The van der Waals surface area contributed by atoms with Crippen molar-refractivity contribution in [2.45, 2.75) is 32.2 Å². The molecule has 0 radical (unpaired) electrons. The third-order valence-corrected chi connectivity index (χ3v) is 6.71. The molecule has 2 aromatic carbocycles. The standard InChI is InChI=1S/C25H25N5O/c1-30(10-11-31)25-19-12-15(6-7-16(19)13-26-25)24-18-5-3-2-4-17(18)23-20-14-27-29-21(20)8-9-22(23)28-24/h6-9,12,14,31H,2-5,10-11,13H2,1H3,(H,27,29). The molecule has 0 unspecified atom stereocenters. The fraction of sp³-hybridized carbons (Fsp3) is 0.320. The molecule has 6 nitrogen and oxygen atoms in total. The lowest BCUT2D eigenvalue weighted by Crippen LogP contribution is -2.29. The lowest BCUT2D eigenvalue weighted by atomic mass is 9.85. The molecule has 6 rings (SSSR count). The second-order valence-electron chi connectivity index (χ2n) is 8.57. The average molecular weight is 412 g/mol. The summed E-state index contributed by atoms with van der Waals surface area (Å²) in [5.41, 5.74) is 9.57. The van der Waals surface area contributed by atoms with Crippen LogP contribution in [0.25, 0.3) is 33.1 Å². The van der Waals surface area contributed by atoms with E-state index in [0.717, 1.165) is 46.5 Å². The quantitative estimate of drug-likeness (QED) is 0.537. The number of fused-ring (bicyclic) bond motifs is 6. The third kappa shape index (κ3) is 2.86. The maximum absolute atomic E-state index is 9.36. The van der Waals surface area contributed by atoms with Crippen LogP contribution in [0.1, 0.15) is 35.1 Å². The molecule has 0 atom stereocenters. The summed E-state index contributed by atoms with van der Waals surface area (Å²) in [7, 11) is 1.99. The number of nitrogens with zero attached hydrogens (tertiary/aromatic N) is 4. The summed E-state index contributed by atoms with van der Waals surface area (Å²) in [4.78, 5) is 11.9. The number of H-pyrrole nitrogens is 1. The number of aromatic amines is 1. The van der Waals surface area contributed by atoms with E-state index >= 15 is 0 Å². The van der Waals surface area contributed by atoms with E-state index in [1.807, 2.05) is 18.1 Å². The highest BCUT2D eigenvalue weighted by molar-refractivity contribution is 6.08. The molecule has 3 heterocycles. The predicted octanol–water partition coefficient (Wildman–Crippen LogP) is 3.84. The van der Waals surface area contributed by atoms with E-state index in [9.17, 15) is 5.11 Å². The molecule has 1 aliphatic heterocycles. The number of benzene rings is 2. The number of hydrogen-bond acceptors (Lipinski definition) is 5. The Morgan fingerprint density at radius 2 is 1.97 bits per heavy atom. The summed E-state index contributed by atoms with van der Waals surface area (Å²) >= 11 is 0. The molecular formula is C25H25N5O. The van der Waals surface area contributed by atoms with E-state index in [2.05, 4.69) is 40.5 Å². The Hall–Kier alpha value is -3.25. The Balaban J connectivity index is 1.55. The normalized spacial score (nSPS) is 15.2. The van der Waals surface area contributed by atoms with E-state index in [4.69, 9.17) is 9.98 Å². The van der Waals surface area contributed by atoms with Crippen LogP contribution in [0.15, 0.2) is 41.5 Å². The summed E-state index contributed by atoms with van der Waals surface area (Å²) < 4.78 is 0.